The van der Waals surface area contributed by atoms with Crippen LogP contribution in [0.25, 0.3) is 10.2 Å². The minimum atomic E-state index is 0.0885. The van der Waals surface area contributed by atoms with Crippen LogP contribution < -0.4 is 4.90 Å². The van der Waals surface area contributed by atoms with Crippen LogP contribution in [0.3, 0.4) is 0 Å². The number of carbonyl (C=O) groups is 1. The van der Waals surface area contributed by atoms with Crippen molar-refractivity contribution in [2.75, 3.05) is 17.2 Å². The number of thioether (sulfide) groups is 1. The molecule has 1 amide bonds. The lowest BCUT2D eigenvalue weighted by Crippen LogP contribution is -2.30. The van der Waals surface area contributed by atoms with Crippen molar-refractivity contribution in [3.05, 3.63) is 29.0 Å². The first-order valence-electron chi connectivity index (χ1n) is 7.31. The SMILES string of the molecule is Cc1sc2ncnc(SCC(=O)N3CCn4nccc43)c2c1C. The molecule has 8 heteroatoms. The van der Waals surface area contributed by atoms with Gasteiger partial charge in [0.15, 0.2) is 0 Å². The van der Waals surface area contributed by atoms with E-state index in [9.17, 15) is 4.79 Å². The molecule has 118 valence electrons. The summed E-state index contributed by atoms with van der Waals surface area (Å²) < 4.78 is 1.86. The van der Waals surface area contributed by atoms with Crippen molar-refractivity contribution in [1.29, 1.82) is 0 Å². The zero-order valence-electron chi connectivity index (χ0n) is 12.8. The number of nitrogens with zero attached hydrogens (tertiary/aromatic N) is 5. The number of aryl methyl sites for hydroxylation is 2. The Morgan fingerprint density at radius 3 is 3.09 bits per heavy atom. The van der Waals surface area contributed by atoms with Gasteiger partial charge in [0.25, 0.3) is 0 Å². The Labute approximate surface area is 141 Å². The Morgan fingerprint density at radius 2 is 2.22 bits per heavy atom. The maximum atomic E-state index is 12.5. The Kier molecular flexibility index (Phi) is 3.57. The van der Waals surface area contributed by atoms with E-state index >= 15 is 0 Å². The van der Waals surface area contributed by atoms with Crippen molar-refractivity contribution in [1.82, 2.24) is 19.7 Å². The molecule has 4 heterocycles. The van der Waals surface area contributed by atoms with Crippen molar-refractivity contribution in [2.45, 2.75) is 25.4 Å². The zero-order chi connectivity index (χ0) is 16.0. The van der Waals surface area contributed by atoms with Gasteiger partial charge < -0.3 is 0 Å². The van der Waals surface area contributed by atoms with Crippen LogP contribution in [-0.4, -0.2) is 38.0 Å². The summed E-state index contributed by atoms with van der Waals surface area (Å²) in [5.41, 5.74) is 1.21. The number of anilines is 1. The second-order valence-electron chi connectivity index (χ2n) is 5.39. The van der Waals surface area contributed by atoms with E-state index < -0.39 is 0 Å². The number of amides is 1. The molecule has 1 aliphatic rings. The number of carbonyl (C=O) groups excluding carboxylic acids is 1. The van der Waals surface area contributed by atoms with Gasteiger partial charge in [0.1, 0.15) is 22.0 Å². The molecule has 0 saturated carbocycles. The first kappa shape index (κ1) is 14.6. The fraction of sp³-hybridized carbons (Fsp3) is 0.333. The van der Waals surface area contributed by atoms with E-state index in [1.807, 2.05) is 10.7 Å². The highest BCUT2D eigenvalue weighted by atomic mass is 32.2. The minimum Gasteiger partial charge on any atom is -0.294 e. The monoisotopic (exact) mass is 345 g/mol. The van der Waals surface area contributed by atoms with Crippen LogP contribution in [0.5, 0.6) is 0 Å². The highest BCUT2D eigenvalue weighted by molar-refractivity contribution is 8.00. The molecule has 4 rings (SSSR count). The van der Waals surface area contributed by atoms with Gasteiger partial charge in [0, 0.05) is 22.9 Å². The molecule has 23 heavy (non-hydrogen) atoms. The molecule has 0 saturated heterocycles. The van der Waals surface area contributed by atoms with Crippen LogP contribution in [0.15, 0.2) is 23.6 Å². The summed E-state index contributed by atoms with van der Waals surface area (Å²) in [6.07, 6.45) is 3.31. The molecule has 3 aromatic heterocycles. The maximum absolute atomic E-state index is 12.5. The van der Waals surface area contributed by atoms with E-state index in [2.05, 4.69) is 28.9 Å². The number of hydrogen-bond acceptors (Lipinski definition) is 6. The molecule has 1 aliphatic heterocycles. The number of hydrogen-bond donors (Lipinski definition) is 0. The Bertz CT molecular complexity index is 901. The van der Waals surface area contributed by atoms with Crippen LogP contribution >= 0.6 is 23.1 Å². The molecule has 0 radical (unpaired) electrons. The van der Waals surface area contributed by atoms with E-state index in [-0.39, 0.29) is 5.91 Å². The fourth-order valence-corrected chi connectivity index (χ4v) is 4.75. The fourth-order valence-electron chi connectivity index (χ4n) is 2.76. The summed E-state index contributed by atoms with van der Waals surface area (Å²) in [7, 11) is 0. The Hall–Kier alpha value is -1.93. The molecule has 0 bridgehead atoms. The third kappa shape index (κ3) is 2.42. The van der Waals surface area contributed by atoms with Gasteiger partial charge in [-0.3, -0.25) is 9.69 Å². The highest BCUT2D eigenvalue weighted by Crippen LogP contribution is 2.34. The predicted octanol–water partition coefficient (Wildman–Crippen LogP) is 2.64. The van der Waals surface area contributed by atoms with Gasteiger partial charge in [-0.25, -0.2) is 14.6 Å². The molecule has 0 aliphatic carbocycles. The smallest absolute Gasteiger partial charge is 0.238 e. The van der Waals surface area contributed by atoms with Gasteiger partial charge in [-0.2, -0.15) is 5.10 Å². The lowest BCUT2D eigenvalue weighted by molar-refractivity contribution is -0.116. The largest absolute Gasteiger partial charge is 0.294 e. The Morgan fingerprint density at radius 1 is 1.35 bits per heavy atom. The lowest BCUT2D eigenvalue weighted by atomic mass is 10.2. The van der Waals surface area contributed by atoms with Gasteiger partial charge in [0.05, 0.1) is 18.5 Å². The molecule has 6 nitrogen and oxygen atoms in total. The van der Waals surface area contributed by atoms with Crippen molar-refractivity contribution in [2.24, 2.45) is 0 Å². The van der Waals surface area contributed by atoms with Crippen LogP contribution in [0.1, 0.15) is 10.4 Å². The highest BCUT2D eigenvalue weighted by Gasteiger charge is 2.25. The topological polar surface area (TPSA) is 63.9 Å². The summed E-state index contributed by atoms with van der Waals surface area (Å²) in [6.45, 7) is 5.63. The Balaban J connectivity index is 1.55. The number of rotatable bonds is 3. The lowest BCUT2D eigenvalue weighted by Gasteiger charge is -2.14. The van der Waals surface area contributed by atoms with Crippen LogP contribution in [0.4, 0.5) is 5.82 Å². The first-order valence-corrected chi connectivity index (χ1v) is 9.11. The van der Waals surface area contributed by atoms with E-state index in [0.717, 1.165) is 27.6 Å². The summed E-state index contributed by atoms with van der Waals surface area (Å²) >= 11 is 3.16. The first-order chi connectivity index (χ1) is 11.1. The second-order valence-corrected chi connectivity index (χ2v) is 7.56. The van der Waals surface area contributed by atoms with Gasteiger partial charge >= 0.3 is 0 Å². The van der Waals surface area contributed by atoms with Crippen molar-refractivity contribution in [3.63, 3.8) is 0 Å². The van der Waals surface area contributed by atoms with E-state index in [0.29, 0.717) is 12.3 Å². The van der Waals surface area contributed by atoms with Gasteiger partial charge in [0.2, 0.25) is 5.91 Å². The zero-order valence-corrected chi connectivity index (χ0v) is 14.4. The van der Waals surface area contributed by atoms with Crippen LogP contribution in [0, 0.1) is 13.8 Å². The average molecular weight is 345 g/mol. The van der Waals surface area contributed by atoms with Crippen LogP contribution in [0.2, 0.25) is 0 Å². The van der Waals surface area contributed by atoms with Gasteiger partial charge in [-0.1, -0.05) is 11.8 Å². The molecule has 0 fully saturated rings. The minimum absolute atomic E-state index is 0.0885. The molecule has 0 N–H and O–H groups in total. The number of thiophene rings is 1. The van der Waals surface area contributed by atoms with Crippen LogP contribution in [-0.2, 0) is 11.3 Å². The normalized spacial score (nSPS) is 13.7. The summed E-state index contributed by atoms with van der Waals surface area (Å²) in [5, 5.41) is 6.17. The van der Waals surface area contributed by atoms with Crippen molar-refractivity contribution >= 4 is 45.0 Å². The van der Waals surface area contributed by atoms with E-state index in [4.69, 9.17) is 0 Å². The third-order valence-corrected chi connectivity index (χ3v) is 6.16. The summed E-state index contributed by atoms with van der Waals surface area (Å²) in [5.74, 6) is 1.34. The maximum Gasteiger partial charge on any atom is 0.238 e. The van der Waals surface area contributed by atoms with Gasteiger partial charge in [-0.15, -0.1) is 11.3 Å². The third-order valence-electron chi connectivity index (χ3n) is 4.07. The number of fused-ring (bicyclic) bond motifs is 2. The molecule has 3 aromatic rings. The molecule has 0 spiro atoms. The quantitative estimate of drug-likeness (QED) is 0.539. The second kappa shape index (κ2) is 5.61. The average Bonchev–Trinajstić information content (AvgIpc) is 3.21. The molecular weight excluding hydrogens is 330 g/mol. The molecular formula is C15H15N5OS2. The van der Waals surface area contributed by atoms with E-state index in [1.165, 1.54) is 22.2 Å². The van der Waals surface area contributed by atoms with E-state index in [1.54, 1.807) is 28.8 Å². The van der Waals surface area contributed by atoms with Gasteiger partial charge in [-0.05, 0) is 19.4 Å². The predicted molar refractivity (Wildman–Crippen MR) is 92.2 cm³/mol. The molecule has 0 unspecified atom stereocenters. The summed E-state index contributed by atoms with van der Waals surface area (Å²) in [6, 6.07) is 1.88. The standard InChI is InChI=1S/C15H15N5OS2/c1-9-10(2)23-15-13(9)14(16-8-17-15)22-7-12(21)19-5-6-20-11(19)3-4-18-20/h3-4,8H,5-7H2,1-2H3. The molecule has 0 atom stereocenters. The van der Waals surface area contributed by atoms with Crippen molar-refractivity contribution in [3.8, 4) is 0 Å². The van der Waals surface area contributed by atoms with Crippen molar-refractivity contribution < 1.29 is 4.79 Å². The summed E-state index contributed by atoms with van der Waals surface area (Å²) in [4.78, 5) is 25.3. The molecule has 0 aromatic carbocycles. The number of aromatic nitrogens is 4.